The van der Waals surface area contributed by atoms with Gasteiger partial charge in [-0.3, -0.25) is 0 Å². The van der Waals surface area contributed by atoms with Crippen molar-refractivity contribution in [1.82, 2.24) is 15.5 Å². The van der Waals surface area contributed by atoms with Crippen molar-refractivity contribution in [2.24, 2.45) is 0 Å². The highest BCUT2D eigenvalue weighted by molar-refractivity contribution is 5.29. The Labute approximate surface area is 114 Å². The van der Waals surface area contributed by atoms with E-state index in [2.05, 4.69) is 27.3 Å². The number of aromatic nitrogens is 2. The molecule has 0 aliphatic heterocycles. The number of anilines is 1. The number of hydrogen-bond acceptors (Lipinski definition) is 6. The number of rotatable bonds is 10. The topological polar surface area (TPSA) is 63.4 Å². The minimum absolute atomic E-state index is 0.600. The Balaban J connectivity index is 1.83. The Hall–Kier alpha value is -1.14. The number of methoxy groups -OCH3 is 1. The van der Waals surface area contributed by atoms with Gasteiger partial charge in [-0.2, -0.15) is 0 Å². The highest BCUT2D eigenvalue weighted by Crippen LogP contribution is 2.31. The van der Waals surface area contributed by atoms with E-state index >= 15 is 0 Å². The van der Waals surface area contributed by atoms with Crippen LogP contribution in [0.1, 0.15) is 38.5 Å². The molecule has 0 saturated heterocycles. The van der Waals surface area contributed by atoms with Gasteiger partial charge in [0.1, 0.15) is 0 Å². The van der Waals surface area contributed by atoms with E-state index in [1.54, 1.807) is 7.11 Å². The van der Waals surface area contributed by atoms with Crippen LogP contribution in [0.25, 0.3) is 0 Å². The van der Waals surface area contributed by atoms with Gasteiger partial charge < -0.3 is 19.4 Å². The maximum atomic E-state index is 5.72. The van der Waals surface area contributed by atoms with Gasteiger partial charge in [-0.25, -0.2) is 0 Å². The molecule has 6 nitrogen and oxygen atoms in total. The Morgan fingerprint density at radius 2 is 2.26 bits per heavy atom. The molecule has 6 heteroatoms. The van der Waals surface area contributed by atoms with Crippen LogP contribution >= 0.6 is 0 Å². The lowest BCUT2D eigenvalue weighted by atomic mass is 10.3. The molecular weight excluding hydrogens is 244 g/mol. The average molecular weight is 268 g/mol. The van der Waals surface area contributed by atoms with Crippen LogP contribution in [0, 0.1) is 0 Å². The first kappa shape index (κ1) is 14.3. The van der Waals surface area contributed by atoms with Crippen LogP contribution in [0.2, 0.25) is 0 Å². The summed E-state index contributed by atoms with van der Waals surface area (Å²) >= 11 is 0. The van der Waals surface area contributed by atoms with Crippen LogP contribution in [-0.4, -0.2) is 43.0 Å². The van der Waals surface area contributed by atoms with Gasteiger partial charge in [0.2, 0.25) is 5.89 Å². The summed E-state index contributed by atoms with van der Waals surface area (Å²) in [5.41, 5.74) is 0. The summed E-state index contributed by atoms with van der Waals surface area (Å²) in [6.07, 6.45) is 4.84. The van der Waals surface area contributed by atoms with Crippen molar-refractivity contribution in [1.29, 1.82) is 0 Å². The molecule has 108 valence electrons. The third kappa shape index (κ3) is 4.47. The van der Waals surface area contributed by atoms with Gasteiger partial charge in [-0.05, 0) is 19.3 Å². The first-order chi connectivity index (χ1) is 9.35. The zero-order valence-electron chi connectivity index (χ0n) is 11.9. The van der Waals surface area contributed by atoms with Gasteiger partial charge in [-0.1, -0.05) is 18.4 Å². The van der Waals surface area contributed by atoms with Crippen molar-refractivity contribution in [3.05, 3.63) is 5.89 Å². The highest BCUT2D eigenvalue weighted by Gasteiger charge is 2.31. The molecule has 1 saturated carbocycles. The first-order valence-corrected chi connectivity index (χ1v) is 7.13. The molecule has 19 heavy (non-hydrogen) atoms. The predicted octanol–water partition coefficient (Wildman–Crippen LogP) is 1.57. The van der Waals surface area contributed by atoms with Gasteiger partial charge in [0.05, 0.1) is 13.2 Å². The van der Waals surface area contributed by atoms with Gasteiger partial charge in [0.25, 0.3) is 0 Å². The fraction of sp³-hybridized carbons (Fsp3) is 0.846. The number of hydrogen-bond donors (Lipinski definition) is 1. The Bertz CT molecular complexity index is 365. The summed E-state index contributed by atoms with van der Waals surface area (Å²) < 4.78 is 10.7. The molecule has 0 aromatic carbocycles. The molecule has 0 bridgehead atoms. The molecule has 1 fully saturated rings. The number of nitrogens with one attached hydrogen (secondary N) is 1. The maximum absolute atomic E-state index is 5.72. The van der Waals surface area contributed by atoms with Crippen LogP contribution in [0.15, 0.2) is 4.42 Å². The second kappa shape index (κ2) is 7.45. The van der Waals surface area contributed by atoms with Crippen molar-refractivity contribution in [3.8, 4) is 0 Å². The normalized spacial score (nSPS) is 14.8. The van der Waals surface area contributed by atoms with Gasteiger partial charge in [-0.15, -0.1) is 5.10 Å². The predicted molar refractivity (Wildman–Crippen MR) is 73.2 cm³/mol. The quantitative estimate of drug-likeness (QED) is 0.650. The van der Waals surface area contributed by atoms with Crippen molar-refractivity contribution in [2.45, 2.75) is 45.2 Å². The van der Waals surface area contributed by atoms with E-state index in [4.69, 9.17) is 9.15 Å². The van der Waals surface area contributed by atoms with Crippen molar-refractivity contribution < 1.29 is 9.15 Å². The van der Waals surface area contributed by atoms with Crippen LogP contribution in [0.3, 0.4) is 0 Å². The van der Waals surface area contributed by atoms with Crippen LogP contribution < -0.4 is 10.2 Å². The largest absolute Gasteiger partial charge is 0.407 e. The Morgan fingerprint density at radius 1 is 1.42 bits per heavy atom. The monoisotopic (exact) mass is 268 g/mol. The maximum Gasteiger partial charge on any atom is 0.318 e. The summed E-state index contributed by atoms with van der Waals surface area (Å²) in [6, 6.07) is 1.29. The smallest absolute Gasteiger partial charge is 0.318 e. The van der Waals surface area contributed by atoms with Gasteiger partial charge in [0.15, 0.2) is 0 Å². The standard InChI is InChI=1S/C13H24N4O2/c1-3-4-8-17(11-5-6-11)13-16-15-12(19-13)10-14-7-9-18-2/h11,14H,3-10H2,1-2H3. The molecule has 0 atom stereocenters. The molecule has 1 heterocycles. The summed E-state index contributed by atoms with van der Waals surface area (Å²) in [5, 5.41) is 11.5. The first-order valence-electron chi connectivity index (χ1n) is 7.13. The third-order valence-electron chi connectivity index (χ3n) is 3.20. The fourth-order valence-electron chi connectivity index (χ4n) is 1.95. The van der Waals surface area contributed by atoms with Crippen molar-refractivity contribution in [2.75, 3.05) is 31.7 Å². The summed E-state index contributed by atoms with van der Waals surface area (Å²) in [6.45, 7) is 5.29. The zero-order valence-corrected chi connectivity index (χ0v) is 11.9. The summed E-state index contributed by atoms with van der Waals surface area (Å²) in [7, 11) is 1.69. The molecule has 2 rings (SSSR count). The van der Waals surface area contributed by atoms with E-state index < -0.39 is 0 Å². The molecular formula is C13H24N4O2. The van der Waals surface area contributed by atoms with Crippen molar-refractivity contribution in [3.63, 3.8) is 0 Å². The molecule has 1 aliphatic rings. The second-order valence-electron chi connectivity index (χ2n) is 4.93. The van der Waals surface area contributed by atoms with E-state index in [0.29, 0.717) is 31.1 Å². The molecule has 0 spiro atoms. The minimum Gasteiger partial charge on any atom is -0.407 e. The molecule has 1 aromatic rings. The highest BCUT2D eigenvalue weighted by atomic mass is 16.5. The average Bonchev–Trinajstić information content (AvgIpc) is 3.15. The second-order valence-corrected chi connectivity index (χ2v) is 4.93. The SMILES string of the molecule is CCCCN(c1nnc(CNCCOC)o1)C1CC1. The lowest BCUT2D eigenvalue weighted by molar-refractivity contribution is 0.198. The van der Waals surface area contributed by atoms with E-state index in [9.17, 15) is 0 Å². The van der Waals surface area contributed by atoms with E-state index in [1.807, 2.05) is 0 Å². The summed E-state index contributed by atoms with van der Waals surface area (Å²) in [4.78, 5) is 2.26. The fourth-order valence-corrected chi connectivity index (χ4v) is 1.95. The zero-order chi connectivity index (χ0) is 13.5. The Kier molecular flexibility index (Phi) is 5.60. The molecule has 0 unspecified atom stereocenters. The lowest BCUT2D eigenvalue weighted by Crippen LogP contribution is -2.27. The van der Waals surface area contributed by atoms with E-state index in [0.717, 1.165) is 13.1 Å². The van der Waals surface area contributed by atoms with E-state index in [-0.39, 0.29) is 0 Å². The molecule has 1 N–H and O–H groups in total. The van der Waals surface area contributed by atoms with Gasteiger partial charge >= 0.3 is 6.01 Å². The van der Waals surface area contributed by atoms with Crippen molar-refractivity contribution >= 4 is 6.01 Å². The summed E-state index contributed by atoms with van der Waals surface area (Å²) in [5.74, 6) is 0.647. The number of nitrogens with zero attached hydrogens (tertiary/aromatic N) is 3. The number of ether oxygens (including phenoxy) is 1. The van der Waals surface area contributed by atoms with Crippen LogP contribution in [0.5, 0.6) is 0 Å². The molecule has 1 aliphatic carbocycles. The lowest BCUT2D eigenvalue weighted by Gasteiger charge is -2.18. The minimum atomic E-state index is 0.600. The van der Waals surface area contributed by atoms with Crippen LogP contribution in [-0.2, 0) is 11.3 Å². The Morgan fingerprint density at radius 3 is 2.95 bits per heavy atom. The van der Waals surface area contributed by atoms with Gasteiger partial charge in [0, 0.05) is 26.2 Å². The van der Waals surface area contributed by atoms with E-state index in [1.165, 1.54) is 25.7 Å². The molecule has 0 radical (unpaired) electrons. The molecule has 1 aromatic heterocycles. The number of unbranched alkanes of at least 4 members (excludes halogenated alkanes) is 1. The molecule has 0 amide bonds. The van der Waals surface area contributed by atoms with Crippen LogP contribution in [0.4, 0.5) is 6.01 Å². The third-order valence-corrected chi connectivity index (χ3v) is 3.20.